The van der Waals surface area contributed by atoms with Gasteiger partial charge in [-0.05, 0) is 49.6 Å². The monoisotopic (exact) mass is 659 g/mol. The first kappa shape index (κ1) is 36.2. The molecule has 2 aromatic rings. The summed E-state index contributed by atoms with van der Waals surface area (Å²) in [6.45, 7) is 5.22. The van der Waals surface area contributed by atoms with Gasteiger partial charge in [-0.1, -0.05) is 0 Å². The van der Waals surface area contributed by atoms with Crippen LogP contribution in [0.3, 0.4) is 0 Å². The van der Waals surface area contributed by atoms with Gasteiger partial charge >= 0.3 is 10.4 Å². The van der Waals surface area contributed by atoms with Crippen LogP contribution in [0.1, 0.15) is 28.0 Å². The lowest BCUT2D eigenvalue weighted by atomic mass is 10.1. The second kappa shape index (κ2) is 17.9. The fourth-order valence-electron chi connectivity index (χ4n) is 3.54. The molecule has 2 rings (SSSR count). The Morgan fingerprint density at radius 2 is 1.51 bits per heavy atom. The van der Waals surface area contributed by atoms with E-state index in [1.807, 2.05) is 24.0 Å². The Balaban J connectivity index is 2.00. The maximum Gasteiger partial charge on any atom is 0.397 e. The normalized spacial score (nSPS) is 12.0. The molecule has 236 valence electrons. The van der Waals surface area contributed by atoms with Gasteiger partial charge in [0.25, 0.3) is 10.1 Å². The summed E-state index contributed by atoms with van der Waals surface area (Å²) in [6.07, 6.45) is 0.156. The van der Waals surface area contributed by atoms with Gasteiger partial charge in [0, 0.05) is 25.4 Å². The summed E-state index contributed by atoms with van der Waals surface area (Å²) in [5, 5.41) is 27.5. The molecule has 43 heavy (non-hydrogen) atoms. The third-order valence-electron chi connectivity index (χ3n) is 5.67. The number of hydrogen-bond donors (Lipinski definition) is 2. The molecule has 1 aromatic carbocycles. The molecule has 0 aliphatic rings. The molecule has 0 spiro atoms. The topological polar surface area (TPSA) is 221 Å². The molecule has 0 saturated carbocycles. The van der Waals surface area contributed by atoms with Crippen LogP contribution < -0.4 is 4.90 Å². The Bertz CT molecular complexity index is 1530. The van der Waals surface area contributed by atoms with Crippen molar-refractivity contribution in [3.63, 3.8) is 0 Å². The molecule has 1 aromatic heterocycles. The van der Waals surface area contributed by atoms with E-state index in [0.717, 1.165) is 22.6 Å². The van der Waals surface area contributed by atoms with Crippen molar-refractivity contribution in [1.82, 2.24) is 0 Å². The number of aryl methyl sites for hydroxylation is 1. The molecule has 0 atom stereocenters. The van der Waals surface area contributed by atoms with Crippen LogP contribution in [-0.4, -0.2) is 91.0 Å². The summed E-state index contributed by atoms with van der Waals surface area (Å²) in [4.78, 5) is 2.40. The summed E-state index contributed by atoms with van der Waals surface area (Å²) >= 11 is 1.10. The number of thiophene rings is 1. The summed E-state index contributed by atoms with van der Waals surface area (Å²) < 4.78 is 80.6. The fraction of sp³-hybridized carbons (Fsp3) is 0.520. The fourth-order valence-corrected chi connectivity index (χ4v) is 5.18. The average molecular weight is 660 g/mol. The highest BCUT2D eigenvalue weighted by Crippen LogP contribution is 2.36. The maximum atomic E-state index is 10.9. The first-order valence-corrected chi connectivity index (χ1v) is 16.6. The lowest BCUT2D eigenvalue weighted by Gasteiger charge is -2.25. The van der Waals surface area contributed by atoms with Crippen molar-refractivity contribution in [3.05, 3.63) is 39.8 Å². The van der Waals surface area contributed by atoms with Crippen molar-refractivity contribution in [1.29, 1.82) is 10.5 Å². The van der Waals surface area contributed by atoms with Gasteiger partial charge in [-0.3, -0.25) is 9.11 Å². The Hall–Kier alpha value is -3.04. The number of azo groups is 1. The lowest BCUT2D eigenvalue weighted by Crippen LogP contribution is -2.31. The molecule has 1 heterocycles. The highest BCUT2D eigenvalue weighted by atomic mass is 32.3. The molecule has 0 amide bonds. The molecule has 0 radical (unpaired) electrons. The van der Waals surface area contributed by atoms with E-state index in [0.29, 0.717) is 46.4 Å². The Kier molecular flexibility index (Phi) is 15.1. The lowest BCUT2D eigenvalue weighted by molar-refractivity contribution is 0.0375. The summed E-state index contributed by atoms with van der Waals surface area (Å²) in [5.41, 5.74) is 3.10. The van der Waals surface area contributed by atoms with Crippen molar-refractivity contribution >= 4 is 48.2 Å². The SMILES string of the molecule is Cc1cc(N(CCOCCCS(=O)(=O)O)CCOCCOCCOS(=O)(=O)O)ccc1N=Nc1sc(C#N)c(C)c1C#N. The minimum Gasteiger partial charge on any atom is -0.380 e. The van der Waals surface area contributed by atoms with Gasteiger partial charge in [-0.25, -0.2) is 4.18 Å². The Labute approximate surface area is 255 Å². The van der Waals surface area contributed by atoms with E-state index >= 15 is 0 Å². The number of rotatable bonds is 20. The van der Waals surface area contributed by atoms with Gasteiger partial charge in [-0.15, -0.1) is 21.6 Å². The largest absolute Gasteiger partial charge is 0.397 e. The molecule has 0 aliphatic carbocycles. The summed E-state index contributed by atoms with van der Waals surface area (Å²) in [6, 6.07) is 9.63. The van der Waals surface area contributed by atoms with Crippen LogP contribution in [0.5, 0.6) is 0 Å². The number of hydrogen-bond acceptors (Lipinski definition) is 14. The van der Waals surface area contributed by atoms with Crippen LogP contribution in [-0.2, 0) is 38.9 Å². The van der Waals surface area contributed by atoms with Crippen LogP contribution in [0.25, 0.3) is 0 Å². The molecule has 0 aliphatic heterocycles. The molecule has 0 saturated heterocycles. The second-order valence-corrected chi connectivity index (χ2v) is 12.5. The van der Waals surface area contributed by atoms with E-state index in [1.165, 1.54) is 0 Å². The predicted molar refractivity (Wildman–Crippen MR) is 157 cm³/mol. The van der Waals surface area contributed by atoms with Gasteiger partial charge in [0.1, 0.15) is 17.0 Å². The Morgan fingerprint density at radius 3 is 2.09 bits per heavy atom. The van der Waals surface area contributed by atoms with Gasteiger partial charge in [0.15, 0.2) is 5.00 Å². The second-order valence-electron chi connectivity index (χ2n) is 8.84. The van der Waals surface area contributed by atoms with Gasteiger partial charge in [-0.2, -0.15) is 27.4 Å². The van der Waals surface area contributed by atoms with Crippen molar-refractivity contribution < 1.29 is 44.3 Å². The molecular weight excluding hydrogens is 627 g/mol. The van der Waals surface area contributed by atoms with E-state index < -0.39 is 20.5 Å². The first-order valence-electron chi connectivity index (χ1n) is 12.9. The molecule has 0 fully saturated rings. The zero-order valence-electron chi connectivity index (χ0n) is 23.6. The average Bonchev–Trinajstić information content (AvgIpc) is 3.24. The Morgan fingerprint density at radius 1 is 0.884 bits per heavy atom. The summed E-state index contributed by atoms with van der Waals surface area (Å²) in [5.74, 6) is -0.386. The van der Waals surface area contributed by atoms with E-state index in [2.05, 4.69) is 26.6 Å². The number of nitriles is 2. The van der Waals surface area contributed by atoms with Gasteiger partial charge in [0.05, 0.1) is 56.6 Å². The van der Waals surface area contributed by atoms with E-state index in [1.54, 1.807) is 13.0 Å². The van der Waals surface area contributed by atoms with E-state index in [-0.39, 0.29) is 51.8 Å². The number of benzene rings is 1. The molecule has 0 unspecified atom stereocenters. The van der Waals surface area contributed by atoms with Crippen LogP contribution in [0, 0.1) is 36.5 Å². The van der Waals surface area contributed by atoms with Crippen molar-refractivity contribution in [3.8, 4) is 12.1 Å². The van der Waals surface area contributed by atoms with Crippen LogP contribution in [0.2, 0.25) is 0 Å². The highest BCUT2D eigenvalue weighted by Gasteiger charge is 2.15. The number of ether oxygens (including phenoxy) is 3. The quantitative estimate of drug-likeness (QED) is 0.118. The van der Waals surface area contributed by atoms with Crippen LogP contribution >= 0.6 is 11.3 Å². The molecule has 15 nitrogen and oxygen atoms in total. The highest BCUT2D eigenvalue weighted by molar-refractivity contribution is 7.85. The molecular formula is C25H33N5O10S3. The molecule has 0 bridgehead atoms. The van der Waals surface area contributed by atoms with Crippen LogP contribution in [0.15, 0.2) is 28.4 Å². The number of nitrogens with zero attached hydrogens (tertiary/aromatic N) is 5. The minimum absolute atomic E-state index is 0.0451. The molecule has 18 heteroatoms. The van der Waals surface area contributed by atoms with Crippen molar-refractivity contribution in [2.75, 3.05) is 70.0 Å². The van der Waals surface area contributed by atoms with E-state index in [9.17, 15) is 27.4 Å². The first-order chi connectivity index (χ1) is 20.3. The zero-order chi connectivity index (χ0) is 31.9. The number of anilines is 1. The van der Waals surface area contributed by atoms with E-state index in [4.69, 9.17) is 23.3 Å². The summed E-state index contributed by atoms with van der Waals surface area (Å²) in [7, 11) is -8.55. The predicted octanol–water partition coefficient (Wildman–Crippen LogP) is 3.48. The smallest absolute Gasteiger partial charge is 0.380 e. The standard InChI is InChI=1S/C25H33N5O10S3/c1-19-16-21(4-5-23(19)28-29-25-22(17-26)20(2)24(18-27)41-25)30(6-9-37-8-3-15-42(31,32)33)7-10-38-11-12-39-13-14-40-43(34,35)36/h4-5,16H,3,6-15H2,1-2H3,(H,31,32,33)(H,34,35,36). The molecule has 2 N–H and O–H groups in total. The third-order valence-corrected chi connectivity index (χ3v) is 8.02. The van der Waals surface area contributed by atoms with Crippen molar-refractivity contribution in [2.24, 2.45) is 10.2 Å². The van der Waals surface area contributed by atoms with Gasteiger partial charge < -0.3 is 19.1 Å². The van der Waals surface area contributed by atoms with Crippen LogP contribution in [0.4, 0.5) is 16.4 Å². The zero-order valence-corrected chi connectivity index (χ0v) is 26.1. The minimum atomic E-state index is -4.51. The third kappa shape index (κ3) is 13.9. The van der Waals surface area contributed by atoms with Crippen molar-refractivity contribution in [2.45, 2.75) is 20.3 Å². The van der Waals surface area contributed by atoms with Gasteiger partial charge in [0.2, 0.25) is 0 Å². The maximum absolute atomic E-state index is 10.9.